The maximum Gasteiger partial charge on any atom is 0.260 e. The third-order valence-electron chi connectivity index (χ3n) is 4.48. The second kappa shape index (κ2) is 8.75. The van der Waals surface area contributed by atoms with Crippen LogP contribution in [0.3, 0.4) is 0 Å². The van der Waals surface area contributed by atoms with Crippen molar-refractivity contribution in [3.63, 3.8) is 0 Å². The van der Waals surface area contributed by atoms with Gasteiger partial charge >= 0.3 is 0 Å². The lowest BCUT2D eigenvalue weighted by Gasteiger charge is -2.31. The number of hydrogen-bond acceptors (Lipinski definition) is 6. The van der Waals surface area contributed by atoms with Gasteiger partial charge in [0.2, 0.25) is 11.7 Å². The van der Waals surface area contributed by atoms with E-state index in [0.717, 1.165) is 6.42 Å². The molecule has 26 heavy (non-hydrogen) atoms. The van der Waals surface area contributed by atoms with Crippen LogP contribution in [0.15, 0.2) is 12.1 Å². The molecule has 3 N–H and O–H groups in total. The summed E-state index contributed by atoms with van der Waals surface area (Å²) in [5, 5.41) is 9.76. The van der Waals surface area contributed by atoms with E-state index in [2.05, 4.69) is 0 Å². The maximum atomic E-state index is 12.4. The third-order valence-corrected chi connectivity index (χ3v) is 4.48. The van der Waals surface area contributed by atoms with E-state index in [1.54, 1.807) is 24.0 Å². The molecular weight excluding hydrogens is 340 g/mol. The quantitative estimate of drug-likeness (QED) is 0.740. The van der Waals surface area contributed by atoms with Gasteiger partial charge in [0.25, 0.3) is 5.91 Å². The van der Waals surface area contributed by atoms with E-state index in [1.165, 1.54) is 14.2 Å². The molecule has 0 saturated carbocycles. The van der Waals surface area contributed by atoms with Gasteiger partial charge in [-0.2, -0.15) is 0 Å². The van der Waals surface area contributed by atoms with Gasteiger partial charge in [0, 0.05) is 13.1 Å². The molecule has 0 spiro atoms. The monoisotopic (exact) mass is 366 g/mol. The Kier molecular flexibility index (Phi) is 6.68. The van der Waals surface area contributed by atoms with Crippen LogP contribution in [-0.4, -0.2) is 55.7 Å². The van der Waals surface area contributed by atoms with Gasteiger partial charge in [0.05, 0.1) is 26.2 Å². The highest BCUT2D eigenvalue weighted by Gasteiger charge is 2.27. The maximum absolute atomic E-state index is 12.4. The Bertz CT molecular complexity index is 636. The van der Waals surface area contributed by atoms with Gasteiger partial charge in [0.15, 0.2) is 18.1 Å². The van der Waals surface area contributed by atoms with Crippen molar-refractivity contribution >= 4 is 11.8 Å². The van der Waals surface area contributed by atoms with E-state index in [9.17, 15) is 14.7 Å². The van der Waals surface area contributed by atoms with Gasteiger partial charge in [-0.15, -0.1) is 0 Å². The Labute approximate surface area is 152 Å². The Balaban J connectivity index is 2.10. The van der Waals surface area contributed by atoms with Crippen molar-refractivity contribution in [2.75, 3.05) is 33.9 Å². The third kappa shape index (κ3) is 4.57. The molecule has 8 nitrogen and oxygen atoms in total. The van der Waals surface area contributed by atoms with Crippen molar-refractivity contribution in [2.45, 2.75) is 25.9 Å². The fourth-order valence-corrected chi connectivity index (χ4v) is 2.94. The Morgan fingerprint density at radius 2 is 1.92 bits per heavy atom. The van der Waals surface area contributed by atoms with E-state index in [1.807, 2.05) is 0 Å². The topological polar surface area (TPSA) is 111 Å². The number of nitrogens with zero attached hydrogens (tertiary/aromatic N) is 1. The van der Waals surface area contributed by atoms with Gasteiger partial charge in [-0.05, 0) is 37.5 Å². The summed E-state index contributed by atoms with van der Waals surface area (Å²) in [7, 11) is 2.94. The van der Waals surface area contributed by atoms with Crippen LogP contribution in [0.25, 0.3) is 0 Å². The zero-order valence-corrected chi connectivity index (χ0v) is 15.4. The smallest absolute Gasteiger partial charge is 0.260 e. The first-order valence-electron chi connectivity index (χ1n) is 8.51. The highest BCUT2D eigenvalue weighted by molar-refractivity contribution is 5.81. The summed E-state index contributed by atoms with van der Waals surface area (Å²) < 4.78 is 16.3. The van der Waals surface area contributed by atoms with Gasteiger partial charge in [-0.3, -0.25) is 9.59 Å². The van der Waals surface area contributed by atoms with Crippen molar-refractivity contribution < 1.29 is 28.9 Å². The number of rotatable bonds is 7. The van der Waals surface area contributed by atoms with Crippen molar-refractivity contribution in [2.24, 2.45) is 11.7 Å². The summed E-state index contributed by atoms with van der Waals surface area (Å²) in [6.07, 6.45) is 0.727. The van der Waals surface area contributed by atoms with Gasteiger partial charge in [-0.1, -0.05) is 0 Å². The zero-order chi connectivity index (χ0) is 19.3. The van der Waals surface area contributed by atoms with Crippen LogP contribution >= 0.6 is 0 Å². The van der Waals surface area contributed by atoms with Gasteiger partial charge in [0.1, 0.15) is 0 Å². The Hall–Kier alpha value is -2.48. The number of hydrogen-bond donors (Lipinski definition) is 2. The molecule has 2 atom stereocenters. The molecule has 144 valence electrons. The molecule has 0 radical (unpaired) electrons. The molecule has 0 aliphatic carbocycles. The molecule has 1 fully saturated rings. The van der Waals surface area contributed by atoms with E-state index in [0.29, 0.717) is 36.6 Å². The minimum absolute atomic E-state index is 0.216. The number of aliphatic hydroxyl groups is 1. The number of likely N-dealkylation sites (tertiary alicyclic amines) is 1. The van der Waals surface area contributed by atoms with Crippen LogP contribution in [-0.2, 0) is 9.59 Å². The average Bonchev–Trinajstić information content (AvgIpc) is 2.65. The SMILES string of the molecule is COc1cc([C@H](C)O)cc(OC)c1OCC(=O)N1CCC[C@@H](C(N)=O)C1. The minimum Gasteiger partial charge on any atom is -0.493 e. The van der Waals surface area contributed by atoms with E-state index >= 15 is 0 Å². The van der Waals surface area contributed by atoms with Gasteiger partial charge < -0.3 is 30.0 Å². The summed E-state index contributed by atoms with van der Waals surface area (Å²) in [5.74, 6) is 0.0712. The molecule has 1 aromatic carbocycles. The van der Waals surface area contributed by atoms with Crippen LogP contribution in [0.2, 0.25) is 0 Å². The lowest BCUT2D eigenvalue weighted by Crippen LogP contribution is -2.45. The molecule has 1 saturated heterocycles. The predicted octanol–water partition coefficient (Wildman–Crippen LogP) is 0.860. The summed E-state index contributed by atoms with van der Waals surface area (Å²) in [6.45, 7) is 2.30. The Morgan fingerprint density at radius 3 is 2.42 bits per heavy atom. The summed E-state index contributed by atoms with van der Waals surface area (Å²) in [5.41, 5.74) is 5.96. The molecule has 1 heterocycles. The molecular formula is C18H26N2O6. The molecule has 1 aromatic rings. The number of nitrogens with two attached hydrogens (primary N) is 1. The molecule has 1 aliphatic rings. The fraction of sp³-hybridized carbons (Fsp3) is 0.556. The minimum atomic E-state index is -0.701. The zero-order valence-electron chi connectivity index (χ0n) is 15.4. The van der Waals surface area contributed by atoms with E-state index < -0.39 is 6.10 Å². The molecule has 8 heteroatoms. The van der Waals surface area contributed by atoms with E-state index in [4.69, 9.17) is 19.9 Å². The number of carbonyl (C=O) groups is 2. The van der Waals surface area contributed by atoms with Crippen molar-refractivity contribution in [1.29, 1.82) is 0 Å². The van der Waals surface area contributed by atoms with Crippen molar-refractivity contribution in [3.05, 3.63) is 17.7 Å². The van der Waals surface area contributed by atoms with Crippen molar-refractivity contribution in [1.82, 2.24) is 4.90 Å². The number of primary amides is 1. The normalized spacial score (nSPS) is 18.2. The number of benzene rings is 1. The highest BCUT2D eigenvalue weighted by Crippen LogP contribution is 2.40. The van der Waals surface area contributed by atoms with Crippen LogP contribution in [0, 0.1) is 5.92 Å². The lowest BCUT2D eigenvalue weighted by atomic mass is 9.97. The number of amides is 2. The van der Waals surface area contributed by atoms with E-state index in [-0.39, 0.29) is 30.1 Å². The largest absolute Gasteiger partial charge is 0.493 e. The molecule has 2 amide bonds. The number of aliphatic hydroxyl groups excluding tert-OH is 1. The lowest BCUT2D eigenvalue weighted by molar-refractivity contribution is -0.136. The molecule has 1 aliphatic heterocycles. The van der Waals surface area contributed by atoms with Crippen LogP contribution in [0.1, 0.15) is 31.4 Å². The summed E-state index contributed by atoms with van der Waals surface area (Å²) in [6, 6.07) is 3.27. The number of methoxy groups -OCH3 is 2. The number of piperidine rings is 1. The van der Waals surface area contributed by atoms with Crippen LogP contribution < -0.4 is 19.9 Å². The van der Waals surface area contributed by atoms with Crippen LogP contribution in [0.4, 0.5) is 0 Å². The van der Waals surface area contributed by atoms with Crippen LogP contribution in [0.5, 0.6) is 17.2 Å². The second-order valence-electron chi connectivity index (χ2n) is 6.30. The molecule has 0 bridgehead atoms. The summed E-state index contributed by atoms with van der Waals surface area (Å²) >= 11 is 0. The predicted molar refractivity (Wildman–Crippen MR) is 94.2 cm³/mol. The standard InChI is InChI=1S/C18H26N2O6/c1-11(21)13-7-14(24-2)17(15(8-13)25-3)26-10-16(22)20-6-4-5-12(9-20)18(19)23/h7-8,11-12,21H,4-6,9-10H2,1-3H3,(H2,19,23)/t11-,12+/m0/s1. The summed E-state index contributed by atoms with van der Waals surface area (Å²) in [4.78, 5) is 25.4. The first kappa shape index (κ1) is 19.8. The first-order valence-corrected chi connectivity index (χ1v) is 8.51. The number of carbonyl (C=O) groups excluding carboxylic acids is 2. The highest BCUT2D eigenvalue weighted by atomic mass is 16.5. The van der Waals surface area contributed by atoms with Gasteiger partial charge in [-0.25, -0.2) is 0 Å². The Morgan fingerprint density at radius 1 is 1.31 bits per heavy atom. The number of ether oxygens (including phenoxy) is 3. The second-order valence-corrected chi connectivity index (χ2v) is 6.30. The molecule has 0 unspecified atom stereocenters. The van der Waals surface area contributed by atoms with Crippen molar-refractivity contribution in [3.8, 4) is 17.2 Å². The average molecular weight is 366 g/mol. The molecule has 0 aromatic heterocycles. The first-order chi connectivity index (χ1) is 12.4. The fourth-order valence-electron chi connectivity index (χ4n) is 2.94. The molecule has 2 rings (SSSR count).